The highest BCUT2D eigenvalue weighted by molar-refractivity contribution is 6.33. The van der Waals surface area contributed by atoms with E-state index < -0.39 is 23.6 Å². The topological polar surface area (TPSA) is 62.6 Å². The second-order valence-electron chi connectivity index (χ2n) is 5.70. The van der Waals surface area contributed by atoms with E-state index in [1.54, 1.807) is 12.1 Å². The lowest BCUT2D eigenvalue weighted by atomic mass is 10.1. The maximum absolute atomic E-state index is 13.4. The summed E-state index contributed by atoms with van der Waals surface area (Å²) in [6, 6.07) is 4.26. The number of furan rings is 1. The van der Waals surface area contributed by atoms with Crippen LogP contribution in [-0.2, 0) is 11.3 Å². The maximum Gasteiger partial charge on any atom is 0.256 e. The fourth-order valence-electron chi connectivity index (χ4n) is 2.83. The van der Waals surface area contributed by atoms with Gasteiger partial charge in [-0.15, -0.1) is 0 Å². The summed E-state index contributed by atoms with van der Waals surface area (Å²) in [5.41, 5.74) is -0.161. The summed E-state index contributed by atoms with van der Waals surface area (Å²) in [5.74, 6) is -2.63. The number of halogens is 3. The molecular weight excluding hydrogens is 354 g/mol. The number of benzene rings is 1. The second kappa shape index (κ2) is 7.23. The lowest BCUT2D eigenvalue weighted by Crippen LogP contribution is -2.45. The largest absolute Gasteiger partial charge is 0.467 e. The van der Waals surface area contributed by atoms with Gasteiger partial charge in [0.25, 0.3) is 5.91 Å². The number of nitrogens with one attached hydrogen (secondary N) is 1. The molecule has 0 spiro atoms. The molecule has 1 saturated heterocycles. The van der Waals surface area contributed by atoms with Gasteiger partial charge in [-0.25, -0.2) is 8.78 Å². The maximum atomic E-state index is 13.4. The Kier molecular flexibility index (Phi) is 5.03. The highest BCUT2D eigenvalue weighted by Gasteiger charge is 2.35. The Bertz CT molecular complexity index is 795. The van der Waals surface area contributed by atoms with Crippen molar-refractivity contribution in [1.29, 1.82) is 0 Å². The van der Waals surface area contributed by atoms with Gasteiger partial charge in [0.05, 0.1) is 23.4 Å². The van der Waals surface area contributed by atoms with Crippen molar-refractivity contribution in [3.8, 4) is 0 Å². The fraction of sp³-hybridized carbons (Fsp3) is 0.294. The van der Waals surface area contributed by atoms with E-state index in [1.807, 2.05) is 0 Å². The molecule has 3 rings (SSSR count). The zero-order chi connectivity index (χ0) is 18.0. The van der Waals surface area contributed by atoms with E-state index in [4.69, 9.17) is 16.0 Å². The van der Waals surface area contributed by atoms with Crippen LogP contribution in [0.25, 0.3) is 0 Å². The van der Waals surface area contributed by atoms with Crippen LogP contribution in [0.2, 0.25) is 5.02 Å². The zero-order valence-electron chi connectivity index (χ0n) is 13.1. The number of rotatable bonds is 4. The Hall–Kier alpha value is -2.41. The average Bonchev–Trinajstić information content (AvgIpc) is 3.26. The summed E-state index contributed by atoms with van der Waals surface area (Å²) in [7, 11) is 0. The molecule has 8 heteroatoms. The molecule has 2 aromatic rings. The smallest absolute Gasteiger partial charge is 0.256 e. The molecule has 0 saturated carbocycles. The normalized spacial score (nSPS) is 16.9. The van der Waals surface area contributed by atoms with E-state index in [0.717, 1.165) is 12.1 Å². The second-order valence-corrected chi connectivity index (χ2v) is 6.11. The number of hydrogen-bond donors (Lipinski definition) is 1. The quantitative estimate of drug-likeness (QED) is 0.843. The van der Waals surface area contributed by atoms with Gasteiger partial charge in [0.2, 0.25) is 5.91 Å². The number of nitrogens with zero attached hydrogens (tertiary/aromatic N) is 1. The number of amides is 2. The first-order valence-corrected chi connectivity index (χ1v) is 8.11. The minimum atomic E-state index is -1.16. The molecular formula is C17H15ClF2N2O3. The van der Waals surface area contributed by atoms with E-state index in [0.29, 0.717) is 25.1 Å². The zero-order valence-corrected chi connectivity index (χ0v) is 13.9. The van der Waals surface area contributed by atoms with Gasteiger partial charge >= 0.3 is 0 Å². The summed E-state index contributed by atoms with van der Waals surface area (Å²) in [5, 5.41) is 2.52. The molecule has 25 heavy (non-hydrogen) atoms. The summed E-state index contributed by atoms with van der Waals surface area (Å²) in [4.78, 5) is 26.3. The molecule has 132 valence electrons. The number of likely N-dealkylation sites (tertiary alicyclic amines) is 1. The van der Waals surface area contributed by atoms with Crippen LogP contribution in [-0.4, -0.2) is 29.3 Å². The molecule has 1 aromatic heterocycles. The van der Waals surface area contributed by atoms with Crippen molar-refractivity contribution in [2.75, 3.05) is 6.54 Å². The molecule has 0 bridgehead atoms. The van der Waals surface area contributed by atoms with Crippen LogP contribution in [0.5, 0.6) is 0 Å². The van der Waals surface area contributed by atoms with Crippen molar-refractivity contribution < 1.29 is 22.8 Å². The minimum Gasteiger partial charge on any atom is -0.467 e. The summed E-state index contributed by atoms with van der Waals surface area (Å²) in [6.07, 6.45) is 2.61. The Morgan fingerprint density at radius 1 is 1.32 bits per heavy atom. The van der Waals surface area contributed by atoms with Gasteiger partial charge in [-0.3, -0.25) is 9.59 Å². The van der Waals surface area contributed by atoms with E-state index in [9.17, 15) is 18.4 Å². The highest BCUT2D eigenvalue weighted by atomic mass is 35.5. The Morgan fingerprint density at radius 3 is 2.80 bits per heavy atom. The predicted octanol–water partition coefficient (Wildman–Crippen LogP) is 3.13. The first-order chi connectivity index (χ1) is 12.0. The lowest BCUT2D eigenvalue weighted by Gasteiger charge is -2.24. The van der Waals surface area contributed by atoms with E-state index >= 15 is 0 Å². The fourth-order valence-corrected chi connectivity index (χ4v) is 3.06. The van der Waals surface area contributed by atoms with Crippen molar-refractivity contribution in [2.45, 2.75) is 25.4 Å². The number of carbonyl (C=O) groups is 2. The average molecular weight is 369 g/mol. The molecule has 0 radical (unpaired) electrons. The molecule has 1 aliphatic heterocycles. The molecule has 2 amide bonds. The first-order valence-electron chi connectivity index (χ1n) is 7.73. The van der Waals surface area contributed by atoms with Gasteiger partial charge in [0.1, 0.15) is 11.8 Å². The molecule has 1 atom stereocenters. The standard InChI is InChI=1S/C17H15ClF2N2O3/c18-12-8-14(20)13(19)7-11(12)17(24)22-5-1-4-15(22)16(23)21-9-10-3-2-6-25-10/h2-3,6-8,15H,1,4-5,9H2,(H,21,23). The van der Waals surface area contributed by atoms with Gasteiger partial charge in [-0.05, 0) is 37.1 Å². The Morgan fingerprint density at radius 2 is 2.08 bits per heavy atom. The van der Waals surface area contributed by atoms with E-state index in [-0.39, 0.29) is 23.0 Å². The van der Waals surface area contributed by atoms with Crippen LogP contribution >= 0.6 is 11.6 Å². The van der Waals surface area contributed by atoms with E-state index in [2.05, 4.69) is 5.32 Å². The molecule has 1 fully saturated rings. The molecule has 2 heterocycles. The van der Waals surface area contributed by atoms with Gasteiger partial charge in [0, 0.05) is 6.54 Å². The lowest BCUT2D eigenvalue weighted by molar-refractivity contribution is -0.125. The van der Waals surface area contributed by atoms with Gasteiger partial charge in [-0.2, -0.15) is 0 Å². The molecule has 1 aromatic carbocycles. The Labute approximate surface area is 147 Å². The van der Waals surface area contributed by atoms with Gasteiger partial charge in [-0.1, -0.05) is 11.6 Å². The van der Waals surface area contributed by atoms with Gasteiger partial charge in [0.15, 0.2) is 11.6 Å². The van der Waals surface area contributed by atoms with Crippen LogP contribution < -0.4 is 5.32 Å². The summed E-state index contributed by atoms with van der Waals surface area (Å²) < 4.78 is 31.8. The van der Waals surface area contributed by atoms with Crippen molar-refractivity contribution in [2.24, 2.45) is 0 Å². The van der Waals surface area contributed by atoms with Crippen LogP contribution in [0, 0.1) is 11.6 Å². The molecule has 1 N–H and O–H groups in total. The van der Waals surface area contributed by atoms with Gasteiger partial charge < -0.3 is 14.6 Å². The highest BCUT2D eigenvalue weighted by Crippen LogP contribution is 2.26. The molecule has 0 aliphatic carbocycles. The predicted molar refractivity (Wildman–Crippen MR) is 86.0 cm³/mol. The van der Waals surface area contributed by atoms with E-state index in [1.165, 1.54) is 11.2 Å². The van der Waals surface area contributed by atoms with Crippen molar-refractivity contribution >= 4 is 23.4 Å². The monoisotopic (exact) mass is 368 g/mol. The molecule has 1 aliphatic rings. The van der Waals surface area contributed by atoms with Crippen molar-refractivity contribution in [1.82, 2.24) is 10.2 Å². The van der Waals surface area contributed by atoms with Crippen molar-refractivity contribution in [3.05, 3.63) is 58.5 Å². The van der Waals surface area contributed by atoms with Crippen LogP contribution in [0.3, 0.4) is 0 Å². The Balaban J connectivity index is 1.73. The van der Waals surface area contributed by atoms with Crippen LogP contribution in [0.4, 0.5) is 8.78 Å². The molecule has 1 unspecified atom stereocenters. The first kappa shape index (κ1) is 17.4. The van der Waals surface area contributed by atoms with Crippen molar-refractivity contribution in [3.63, 3.8) is 0 Å². The molecule has 5 nitrogen and oxygen atoms in total. The third kappa shape index (κ3) is 3.66. The number of hydrogen-bond acceptors (Lipinski definition) is 3. The summed E-state index contributed by atoms with van der Waals surface area (Å²) in [6.45, 7) is 0.545. The number of carbonyl (C=O) groups excluding carboxylic acids is 2. The minimum absolute atomic E-state index is 0.161. The summed E-state index contributed by atoms with van der Waals surface area (Å²) >= 11 is 5.86. The van der Waals surface area contributed by atoms with Crippen LogP contribution in [0.1, 0.15) is 29.0 Å². The SMILES string of the molecule is O=C(NCc1ccco1)C1CCCN1C(=O)c1cc(F)c(F)cc1Cl. The third-order valence-electron chi connectivity index (χ3n) is 4.07. The third-order valence-corrected chi connectivity index (χ3v) is 4.39. The van der Waals surface area contributed by atoms with Crippen LogP contribution in [0.15, 0.2) is 34.9 Å².